The van der Waals surface area contributed by atoms with Crippen LogP contribution < -0.4 is 10.6 Å². The maximum Gasteiger partial charge on any atom is 0.230 e. The number of hydrogen-bond donors (Lipinski definition) is 2. The van der Waals surface area contributed by atoms with Crippen molar-refractivity contribution in [1.29, 1.82) is 0 Å². The molecule has 0 saturated heterocycles. The molecule has 0 aromatic heterocycles. The summed E-state index contributed by atoms with van der Waals surface area (Å²) >= 11 is 1.61. The average molecular weight is 292 g/mol. The first-order valence-electron chi connectivity index (χ1n) is 7.35. The van der Waals surface area contributed by atoms with Crippen molar-refractivity contribution < 1.29 is 4.79 Å². The van der Waals surface area contributed by atoms with Crippen LogP contribution in [0.2, 0.25) is 0 Å². The van der Waals surface area contributed by atoms with Crippen molar-refractivity contribution >= 4 is 17.7 Å². The molecule has 1 aliphatic carbocycles. The number of benzene rings is 1. The molecule has 0 aliphatic heterocycles. The number of thioether (sulfide) groups is 1. The second kappa shape index (κ2) is 7.70. The fourth-order valence-corrected chi connectivity index (χ4v) is 2.69. The van der Waals surface area contributed by atoms with Crippen LogP contribution in [-0.2, 0) is 11.3 Å². The van der Waals surface area contributed by atoms with Crippen molar-refractivity contribution in [1.82, 2.24) is 10.6 Å². The van der Waals surface area contributed by atoms with E-state index in [9.17, 15) is 4.79 Å². The van der Waals surface area contributed by atoms with Crippen molar-refractivity contribution in [2.24, 2.45) is 5.92 Å². The van der Waals surface area contributed by atoms with Crippen LogP contribution in [0.15, 0.2) is 29.2 Å². The summed E-state index contributed by atoms with van der Waals surface area (Å²) in [5.41, 5.74) is 1.28. The van der Waals surface area contributed by atoms with Crippen LogP contribution in [0.1, 0.15) is 32.3 Å². The Morgan fingerprint density at radius 2 is 2.20 bits per heavy atom. The molecule has 4 heteroatoms. The van der Waals surface area contributed by atoms with Gasteiger partial charge in [0.25, 0.3) is 0 Å². The van der Waals surface area contributed by atoms with Gasteiger partial charge in [-0.25, -0.2) is 0 Å². The second-order valence-electron chi connectivity index (χ2n) is 5.80. The highest BCUT2D eigenvalue weighted by atomic mass is 32.2. The molecule has 0 spiro atoms. The minimum atomic E-state index is 0.154. The van der Waals surface area contributed by atoms with E-state index in [0.29, 0.717) is 17.7 Å². The molecule has 20 heavy (non-hydrogen) atoms. The lowest BCUT2D eigenvalue weighted by atomic mass is 10.2. The topological polar surface area (TPSA) is 41.1 Å². The number of rotatable bonds is 8. The molecule has 0 heterocycles. The summed E-state index contributed by atoms with van der Waals surface area (Å²) in [6.07, 6.45) is 2.29. The summed E-state index contributed by atoms with van der Waals surface area (Å²) < 4.78 is 0. The van der Waals surface area contributed by atoms with E-state index in [-0.39, 0.29) is 5.91 Å². The van der Waals surface area contributed by atoms with E-state index in [1.54, 1.807) is 11.8 Å². The van der Waals surface area contributed by atoms with Gasteiger partial charge in [-0.05, 0) is 43.0 Å². The van der Waals surface area contributed by atoms with Gasteiger partial charge in [0.1, 0.15) is 0 Å². The third-order valence-corrected chi connectivity index (χ3v) is 4.09. The fraction of sp³-hybridized carbons (Fsp3) is 0.562. The first-order chi connectivity index (χ1) is 9.63. The van der Waals surface area contributed by atoms with Gasteiger partial charge in [-0.3, -0.25) is 4.79 Å². The van der Waals surface area contributed by atoms with Crippen LogP contribution in [0, 0.1) is 5.92 Å². The highest BCUT2D eigenvalue weighted by Crippen LogP contribution is 2.21. The van der Waals surface area contributed by atoms with Gasteiger partial charge in [0.15, 0.2) is 0 Å². The molecule has 110 valence electrons. The van der Waals surface area contributed by atoms with Gasteiger partial charge >= 0.3 is 0 Å². The number of hydrogen-bond acceptors (Lipinski definition) is 3. The van der Waals surface area contributed by atoms with Crippen molar-refractivity contribution in [3.8, 4) is 0 Å². The lowest BCUT2D eigenvalue weighted by Crippen LogP contribution is -2.26. The molecular formula is C16H24N2OS. The van der Waals surface area contributed by atoms with Gasteiger partial charge in [0.05, 0.1) is 5.75 Å². The Balaban J connectivity index is 1.74. The normalized spacial score (nSPS) is 14.6. The summed E-state index contributed by atoms with van der Waals surface area (Å²) in [6.45, 7) is 6.33. The van der Waals surface area contributed by atoms with E-state index in [1.807, 2.05) is 0 Å². The first-order valence-corrected chi connectivity index (χ1v) is 8.34. The van der Waals surface area contributed by atoms with Crippen LogP contribution in [0.4, 0.5) is 0 Å². The highest BCUT2D eigenvalue weighted by molar-refractivity contribution is 8.00. The molecule has 2 N–H and O–H groups in total. The van der Waals surface area contributed by atoms with Gasteiger partial charge in [-0.2, -0.15) is 0 Å². The Bertz CT molecular complexity index is 444. The van der Waals surface area contributed by atoms with Crippen molar-refractivity contribution in [2.45, 2.75) is 44.2 Å². The Labute approximate surface area is 125 Å². The standard InChI is InChI=1S/C16H24N2OS/c1-12(2)9-17-10-13-4-3-5-15(8-13)20-11-16(19)18-14-6-7-14/h3-5,8,12,14,17H,6-7,9-11H2,1-2H3,(H,18,19). The summed E-state index contributed by atoms with van der Waals surface area (Å²) in [5.74, 6) is 1.33. The summed E-state index contributed by atoms with van der Waals surface area (Å²) in [7, 11) is 0. The summed E-state index contributed by atoms with van der Waals surface area (Å²) in [6, 6.07) is 8.88. The third-order valence-electron chi connectivity index (χ3n) is 3.09. The lowest BCUT2D eigenvalue weighted by molar-refractivity contribution is -0.118. The molecule has 0 unspecified atom stereocenters. The molecule has 0 atom stereocenters. The van der Waals surface area contributed by atoms with Crippen LogP contribution >= 0.6 is 11.8 Å². The molecule has 1 aromatic rings. The number of carbonyl (C=O) groups is 1. The largest absolute Gasteiger partial charge is 0.353 e. The molecule has 1 amide bonds. The Morgan fingerprint density at radius 3 is 2.90 bits per heavy atom. The second-order valence-corrected chi connectivity index (χ2v) is 6.85. The molecule has 1 saturated carbocycles. The number of amides is 1. The van der Waals surface area contributed by atoms with Gasteiger partial charge in [-0.1, -0.05) is 26.0 Å². The maximum atomic E-state index is 11.7. The molecule has 1 aromatic carbocycles. The molecule has 1 aliphatic rings. The SMILES string of the molecule is CC(C)CNCc1cccc(SCC(=O)NC2CC2)c1. The van der Waals surface area contributed by atoms with Crippen LogP contribution in [0.25, 0.3) is 0 Å². The van der Waals surface area contributed by atoms with Gasteiger partial charge in [0.2, 0.25) is 5.91 Å². The molecule has 0 bridgehead atoms. The number of nitrogens with one attached hydrogen (secondary N) is 2. The van der Waals surface area contributed by atoms with Crippen molar-refractivity contribution in [3.63, 3.8) is 0 Å². The fourth-order valence-electron chi connectivity index (χ4n) is 1.90. The minimum absolute atomic E-state index is 0.154. The average Bonchev–Trinajstić information content (AvgIpc) is 3.20. The van der Waals surface area contributed by atoms with E-state index in [4.69, 9.17) is 0 Å². The van der Waals surface area contributed by atoms with Crippen molar-refractivity contribution in [3.05, 3.63) is 29.8 Å². The zero-order valence-corrected chi connectivity index (χ0v) is 13.1. The van der Waals surface area contributed by atoms with Gasteiger partial charge in [-0.15, -0.1) is 11.8 Å². The monoisotopic (exact) mass is 292 g/mol. The Kier molecular flexibility index (Phi) is 5.92. The molecule has 1 fully saturated rings. The van der Waals surface area contributed by atoms with Crippen LogP contribution in [0.3, 0.4) is 0 Å². The summed E-state index contributed by atoms with van der Waals surface area (Å²) in [4.78, 5) is 12.8. The smallest absolute Gasteiger partial charge is 0.230 e. The van der Waals surface area contributed by atoms with E-state index in [1.165, 1.54) is 10.5 Å². The van der Waals surface area contributed by atoms with E-state index in [2.05, 4.69) is 48.7 Å². The first kappa shape index (κ1) is 15.4. The van der Waals surface area contributed by atoms with Crippen LogP contribution in [-0.4, -0.2) is 24.2 Å². The van der Waals surface area contributed by atoms with E-state index >= 15 is 0 Å². The van der Waals surface area contributed by atoms with Gasteiger partial charge in [0, 0.05) is 17.5 Å². The maximum absolute atomic E-state index is 11.7. The predicted octanol–water partition coefficient (Wildman–Crippen LogP) is 2.80. The Hall–Kier alpha value is -1.00. The molecule has 3 nitrogen and oxygen atoms in total. The summed E-state index contributed by atoms with van der Waals surface area (Å²) in [5, 5.41) is 6.45. The number of carbonyl (C=O) groups excluding carboxylic acids is 1. The zero-order valence-electron chi connectivity index (χ0n) is 12.3. The Morgan fingerprint density at radius 1 is 1.40 bits per heavy atom. The van der Waals surface area contributed by atoms with E-state index in [0.717, 1.165) is 25.9 Å². The highest BCUT2D eigenvalue weighted by Gasteiger charge is 2.22. The molecular weight excluding hydrogens is 268 g/mol. The third kappa shape index (κ3) is 5.97. The molecule has 0 radical (unpaired) electrons. The lowest BCUT2D eigenvalue weighted by Gasteiger charge is -2.09. The quantitative estimate of drug-likeness (QED) is 0.724. The van der Waals surface area contributed by atoms with E-state index < -0.39 is 0 Å². The minimum Gasteiger partial charge on any atom is -0.353 e. The zero-order chi connectivity index (χ0) is 14.4. The van der Waals surface area contributed by atoms with Gasteiger partial charge < -0.3 is 10.6 Å². The van der Waals surface area contributed by atoms with Crippen molar-refractivity contribution in [2.75, 3.05) is 12.3 Å². The van der Waals surface area contributed by atoms with Crippen LogP contribution in [0.5, 0.6) is 0 Å². The predicted molar refractivity (Wildman–Crippen MR) is 84.9 cm³/mol. The molecule has 2 rings (SSSR count).